The number of hydrogen-bond donors (Lipinski definition) is 0. The summed E-state index contributed by atoms with van der Waals surface area (Å²) in [5, 5.41) is 3.40. The second-order valence-electron chi connectivity index (χ2n) is 18.7. The van der Waals surface area contributed by atoms with Gasteiger partial charge in [-0.3, -0.25) is 9.97 Å². The molecule has 333 valence electrons. The normalized spacial score (nSPS) is 12.1. The van der Waals surface area contributed by atoms with Gasteiger partial charge in [-0.25, -0.2) is 0 Å². The van der Waals surface area contributed by atoms with Crippen LogP contribution in [0.25, 0.3) is 83.6 Å². The van der Waals surface area contributed by atoms with Crippen molar-refractivity contribution in [2.24, 2.45) is 0 Å². The maximum atomic E-state index is 8.44. The molecule has 0 aliphatic heterocycles. The van der Waals surface area contributed by atoms with E-state index in [1.165, 1.54) is 33.1 Å². The van der Waals surface area contributed by atoms with Crippen LogP contribution in [0, 0.1) is 12.1 Å². The van der Waals surface area contributed by atoms with Crippen LogP contribution >= 0.6 is 0 Å². The number of nitrogens with zero attached hydrogens (tertiary/aromatic N) is 4. The van der Waals surface area contributed by atoms with Gasteiger partial charge in [-0.05, 0) is 104 Å². The number of fused-ring (bicyclic) bond motifs is 4. The number of rotatable bonds is 9. The van der Waals surface area contributed by atoms with Crippen molar-refractivity contribution in [2.75, 3.05) is 0 Å². The van der Waals surface area contributed by atoms with E-state index < -0.39 is 14.0 Å². The Labute approximate surface area is 405 Å². The van der Waals surface area contributed by atoms with E-state index in [0.717, 1.165) is 72.3 Å². The van der Waals surface area contributed by atoms with Crippen molar-refractivity contribution in [3.05, 3.63) is 187 Å². The van der Waals surface area contributed by atoms with Crippen LogP contribution in [0.5, 0.6) is 0 Å². The van der Waals surface area contributed by atoms with Gasteiger partial charge in [-0.15, -0.1) is 54.1 Å². The van der Waals surface area contributed by atoms with Crippen molar-refractivity contribution in [3.63, 3.8) is 0 Å². The van der Waals surface area contributed by atoms with E-state index in [1.54, 1.807) is 0 Å². The summed E-state index contributed by atoms with van der Waals surface area (Å²) in [4.78, 5) is 14.1. The fourth-order valence-corrected chi connectivity index (χ4v) is 10.4. The minimum absolute atomic E-state index is 0. The second kappa shape index (κ2) is 19.3. The molecule has 0 bridgehead atoms. The van der Waals surface area contributed by atoms with E-state index in [2.05, 4.69) is 171 Å². The monoisotopic (exact) mass is 1060 g/mol. The molecule has 0 amide bonds. The standard InChI is InChI=1S/C42H34N3O.C17H22NSi.Ir/c1-26(2)35-23-31(28-11-6-5-7-12-28)24-36(27(3)4)40(35)45-38-16-9-8-15-37(38)44-42(45)34-14-10-13-33-32-18-17-30(25-39(32)46-41(33)34)29-19-21-43-22-20-29;1-13(2)15-11-16(14-9-7-6-8-10-14)18-12-17(15)19(3,4)5;/h5-13,15-27H,1-4H3;6-9,11-13H,1-5H3;/q2*-1;/i;13D;. The third kappa shape index (κ3) is 9.13. The number of benzene rings is 6. The van der Waals surface area contributed by atoms with Gasteiger partial charge < -0.3 is 14.0 Å². The molecule has 7 heteroatoms. The second-order valence-corrected chi connectivity index (χ2v) is 23.8. The topological polar surface area (TPSA) is 56.7 Å². The van der Waals surface area contributed by atoms with Crippen LogP contribution in [0.4, 0.5) is 0 Å². The number of pyridine rings is 2. The summed E-state index contributed by atoms with van der Waals surface area (Å²) in [5.74, 6) is 0.782. The smallest absolute Gasteiger partial charge is 0.121 e. The van der Waals surface area contributed by atoms with Crippen LogP contribution in [0.1, 0.15) is 77.3 Å². The van der Waals surface area contributed by atoms with Crippen molar-refractivity contribution < 1.29 is 25.9 Å². The van der Waals surface area contributed by atoms with E-state index in [0.29, 0.717) is 0 Å². The molecule has 4 aromatic heterocycles. The maximum Gasteiger partial charge on any atom is 0.121 e. The average Bonchev–Trinajstić information content (AvgIpc) is 3.90. The van der Waals surface area contributed by atoms with Gasteiger partial charge >= 0.3 is 0 Å². The summed E-state index contributed by atoms with van der Waals surface area (Å²) in [6.45, 7) is 19.9. The zero-order chi connectivity index (χ0) is 46.3. The molecule has 10 rings (SSSR count). The van der Waals surface area contributed by atoms with Crippen LogP contribution in [-0.2, 0) is 20.1 Å². The van der Waals surface area contributed by atoms with Gasteiger partial charge in [-0.2, -0.15) is 0 Å². The number of aromatic nitrogens is 4. The zero-order valence-electron chi connectivity index (χ0n) is 40.2. The molecule has 0 fully saturated rings. The minimum atomic E-state index is -1.50. The molecule has 0 saturated carbocycles. The first kappa shape index (κ1) is 44.9. The summed E-state index contributed by atoms with van der Waals surface area (Å²) < 4.78 is 17.5. The molecule has 0 aliphatic carbocycles. The third-order valence-corrected chi connectivity index (χ3v) is 14.2. The first-order valence-corrected chi connectivity index (χ1v) is 26.1. The molecule has 1 radical (unpaired) electrons. The van der Waals surface area contributed by atoms with E-state index in [-0.39, 0.29) is 31.9 Å². The molecular formula is C59H56IrN4OSi-2. The van der Waals surface area contributed by atoms with Gasteiger partial charge in [0.25, 0.3) is 0 Å². The zero-order valence-corrected chi connectivity index (χ0v) is 42.6. The molecule has 0 spiro atoms. The van der Waals surface area contributed by atoms with Gasteiger partial charge in [0.2, 0.25) is 0 Å². The van der Waals surface area contributed by atoms with E-state index >= 15 is 0 Å². The number of imidazole rings is 1. The van der Waals surface area contributed by atoms with Gasteiger partial charge in [0, 0.05) is 51.1 Å². The van der Waals surface area contributed by atoms with Crippen molar-refractivity contribution >= 4 is 46.2 Å². The van der Waals surface area contributed by atoms with Crippen LogP contribution < -0.4 is 5.19 Å². The van der Waals surface area contributed by atoms with E-state index in [1.807, 2.05) is 74.9 Å². The van der Waals surface area contributed by atoms with Crippen LogP contribution in [0.3, 0.4) is 0 Å². The molecule has 66 heavy (non-hydrogen) atoms. The Hall–Kier alpha value is -6.24. The first-order valence-electron chi connectivity index (χ1n) is 23.1. The number of para-hydroxylation sites is 2. The van der Waals surface area contributed by atoms with Gasteiger partial charge in [0.05, 0.1) is 30.5 Å². The maximum absolute atomic E-state index is 8.44. The van der Waals surface area contributed by atoms with Crippen molar-refractivity contribution in [2.45, 2.75) is 78.9 Å². The minimum Gasteiger partial charge on any atom is -0.501 e. The van der Waals surface area contributed by atoms with Gasteiger partial charge in [0.15, 0.2) is 0 Å². The van der Waals surface area contributed by atoms with Crippen molar-refractivity contribution in [1.29, 1.82) is 0 Å². The predicted octanol–water partition coefficient (Wildman–Crippen LogP) is 15.6. The SMILES string of the molecule is CC(C)c1cc(-c2ccccc2)cc(C(C)C)c1-n1c(-c2[c-]ccc3c2oc2cc(-c4ccncc4)ccc23)nc2ccccc21.[2H]C(C)(C)c1cc(-c2[c-]cccc2)ncc1[Si](C)(C)C.[Ir]. The quantitative estimate of drug-likeness (QED) is 0.107. The summed E-state index contributed by atoms with van der Waals surface area (Å²) in [6.07, 6.45) is 5.62. The molecule has 0 atom stereocenters. The fraction of sp³-hybridized carbons (Fsp3) is 0.203. The van der Waals surface area contributed by atoms with Crippen LogP contribution in [0.15, 0.2) is 163 Å². The Balaban J connectivity index is 0.000000244. The Morgan fingerprint density at radius 2 is 1.32 bits per heavy atom. The Morgan fingerprint density at radius 1 is 0.636 bits per heavy atom. The van der Waals surface area contributed by atoms with Crippen molar-refractivity contribution in [3.8, 4) is 50.6 Å². The first-order chi connectivity index (χ1) is 31.7. The molecule has 6 aromatic carbocycles. The van der Waals surface area contributed by atoms with Gasteiger partial charge in [-0.1, -0.05) is 138 Å². The molecule has 4 heterocycles. The average molecular weight is 1060 g/mol. The Morgan fingerprint density at radius 3 is 1.98 bits per heavy atom. The third-order valence-electron chi connectivity index (χ3n) is 12.2. The number of hydrogen-bond acceptors (Lipinski definition) is 4. The summed E-state index contributed by atoms with van der Waals surface area (Å²) in [7, 11) is -1.50. The largest absolute Gasteiger partial charge is 0.501 e. The summed E-state index contributed by atoms with van der Waals surface area (Å²) >= 11 is 0. The van der Waals surface area contributed by atoms with Crippen LogP contribution in [0.2, 0.25) is 19.6 Å². The predicted molar refractivity (Wildman–Crippen MR) is 275 cm³/mol. The fourth-order valence-electron chi connectivity index (χ4n) is 8.83. The molecule has 0 N–H and O–H groups in total. The van der Waals surface area contributed by atoms with E-state index in [9.17, 15) is 0 Å². The molecule has 0 aliphatic rings. The molecular weight excluding hydrogens is 1000 g/mol. The van der Waals surface area contributed by atoms with Gasteiger partial charge in [0.1, 0.15) is 5.58 Å². The summed E-state index contributed by atoms with van der Waals surface area (Å²) in [6, 6.07) is 55.1. The Bertz CT molecular complexity index is 3300. The van der Waals surface area contributed by atoms with Crippen molar-refractivity contribution in [1.82, 2.24) is 19.5 Å². The summed E-state index contributed by atoms with van der Waals surface area (Å²) in [5.41, 5.74) is 15.9. The van der Waals surface area contributed by atoms with E-state index in [4.69, 9.17) is 10.8 Å². The molecule has 0 saturated heterocycles. The van der Waals surface area contributed by atoms with Crippen LogP contribution in [-0.4, -0.2) is 27.6 Å². The number of furan rings is 1. The molecule has 10 aromatic rings. The molecule has 0 unspecified atom stereocenters. The Kier molecular flexibility index (Phi) is 13.1. The molecule has 5 nitrogen and oxygen atoms in total.